The molecule has 2 rings (SSSR count). The Kier molecular flexibility index (Phi) is 5.38. The number of nitrogens with zero attached hydrogens (tertiary/aromatic N) is 3. The SMILES string of the molecule is CC(C)CNC(=O)CN1CCN(c2ccc(N)nc2)CC1. The second-order valence-electron chi connectivity index (χ2n) is 5.90. The normalized spacial score (nSPS) is 16.2. The lowest BCUT2D eigenvalue weighted by atomic mass is 10.2. The molecule has 0 aliphatic carbocycles. The van der Waals surface area contributed by atoms with E-state index in [0.29, 0.717) is 18.3 Å². The molecule has 1 aliphatic rings. The van der Waals surface area contributed by atoms with Crippen LogP contribution in [0.2, 0.25) is 0 Å². The summed E-state index contributed by atoms with van der Waals surface area (Å²) in [4.78, 5) is 20.4. The highest BCUT2D eigenvalue weighted by atomic mass is 16.2. The van der Waals surface area contributed by atoms with Crippen molar-refractivity contribution in [1.29, 1.82) is 0 Å². The van der Waals surface area contributed by atoms with Crippen LogP contribution in [0.3, 0.4) is 0 Å². The van der Waals surface area contributed by atoms with Gasteiger partial charge < -0.3 is 16.0 Å². The Morgan fingerprint density at radius 1 is 1.33 bits per heavy atom. The van der Waals surface area contributed by atoms with Crippen LogP contribution in [-0.4, -0.2) is 55.1 Å². The Hall–Kier alpha value is -1.82. The molecule has 1 aromatic rings. The lowest BCUT2D eigenvalue weighted by Gasteiger charge is -2.35. The van der Waals surface area contributed by atoms with Gasteiger partial charge in [0.2, 0.25) is 5.91 Å². The van der Waals surface area contributed by atoms with Crippen LogP contribution < -0.4 is 16.0 Å². The smallest absolute Gasteiger partial charge is 0.234 e. The predicted octanol–water partition coefficient (Wildman–Crippen LogP) is 0.558. The number of amides is 1. The van der Waals surface area contributed by atoms with E-state index in [1.807, 2.05) is 12.1 Å². The summed E-state index contributed by atoms with van der Waals surface area (Å²) in [6, 6.07) is 3.81. The lowest BCUT2D eigenvalue weighted by Crippen LogP contribution is -2.49. The van der Waals surface area contributed by atoms with Gasteiger partial charge in [-0.1, -0.05) is 13.8 Å². The number of carbonyl (C=O) groups is 1. The van der Waals surface area contributed by atoms with Gasteiger partial charge in [-0.25, -0.2) is 4.98 Å². The molecule has 6 nitrogen and oxygen atoms in total. The fourth-order valence-electron chi connectivity index (χ4n) is 2.33. The van der Waals surface area contributed by atoms with Crippen molar-refractivity contribution in [2.45, 2.75) is 13.8 Å². The Morgan fingerprint density at radius 3 is 2.62 bits per heavy atom. The molecule has 2 heterocycles. The van der Waals surface area contributed by atoms with Crippen molar-refractivity contribution in [3.05, 3.63) is 18.3 Å². The number of aromatic nitrogens is 1. The minimum absolute atomic E-state index is 0.117. The molecule has 1 amide bonds. The monoisotopic (exact) mass is 291 g/mol. The highest BCUT2D eigenvalue weighted by molar-refractivity contribution is 5.78. The second-order valence-corrected chi connectivity index (χ2v) is 5.90. The number of nitrogen functional groups attached to an aromatic ring is 1. The van der Waals surface area contributed by atoms with Gasteiger partial charge in [0, 0.05) is 32.7 Å². The highest BCUT2D eigenvalue weighted by Crippen LogP contribution is 2.15. The molecule has 0 atom stereocenters. The third-order valence-corrected chi connectivity index (χ3v) is 3.58. The van der Waals surface area contributed by atoms with E-state index in [-0.39, 0.29) is 5.91 Å². The van der Waals surface area contributed by atoms with E-state index >= 15 is 0 Å². The van der Waals surface area contributed by atoms with Gasteiger partial charge in [0.1, 0.15) is 5.82 Å². The third-order valence-electron chi connectivity index (χ3n) is 3.58. The first-order chi connectivity index (χ1) is 10.0. The van der Waals surface area contributed by atoms with Gasteiger partial charge in [-0.2, -0.15) is 0 Å². The third kappa shape index (κ3) is 4.90. The van der Waals surface area contributed by atoms with Gasteiger partial charge in [-0.05, 0) is 18.1 Å². The summed E-state index contributed by atoms with van der Waals surface area (Å²) in [5.74, 6) is 1.15. The number of anilines is 2. The average Bonchev–Trinajstić information content (AvgIpc) is 2.47. The van der Waals surface area contributed by atoms with Crippen molar-refractivity contribution in [2.75, 3.05) is 49.9 Å². The molecule has 0 unspecified atom stereocenters. The fraction of sp³-hybridized carbons (Fsp3) is 0.600. The van der Waals surface area contributed by atoms with Gasteiger partial charge in [0.15, 0.2) is 0 Å². The summed E-state index contributed by atoms with van der Waals surface area (Å²) in [7, 11) is 0. The van der Waals surface area contributed by atoms with E-state index in [1.165, 1.54) is 0 Å². The van der Waals surface area contributed by atoms with Crippen LogP contribution in [0.25, 0.3) is 0 Å². The molecule has 6 heteroatoms. The summed E-state index contributed by atoms with van der Waals surface area (Å²) in [6.45, 7) is 9.01. The van der Waals surface area contributed by atoms with Gasteiger partial charge in [0.25, 0.3) is 0 Å². The van der Waals surface area contributed by atoms with Crippen LogP contribution >= 0.6 is 0 Å². The van der Waals surface area contributed by atoms with Crippen molar-refractivity contribution in [2.24, 2.45) is 5.92 Å². The Bertz CT molecular complexity index is 452. The number of pyridine rings is 1. The molecule has 0 spiro atoms. The predicted molar refractivity (Wildman–Crippen MR) is 85.2 cm³/mol. The Morgan fingerprint density at radius 2 is 2.05 bits per heavy atom. The second kappa shape index (κ2) is 7.26. The topological polar surface area (TPSA) is 74.5 Å². The summed E-state index contributed by atoms with van der Waals surface area (Å²) >= 11 is 0. The minimum Gasteiger partial charge on any atom is -0.384 e. The number of carbonyl (C=O) groups excluding carboxylic acids is 1. The molecule has 1 fully saturated rings. The van der Waals surface area contributed by atoms with E-state index in [1.54, 1.807) is 6.20 Å². The van der Waals surface area contributed by atoms with Gasteiger partial charge >= 0.3 is 0 Å². The number of nitrogens with one attached hydrogen (secondary N) is 1. The first-order valence-electron chi connectivity index (χ1n) is 7.50. The van der Waals surface area contributed by atoms with Gasteiger partial charge in [0.05, 0.1) is 18.4 Å². The summed E-state index contributed by atoms with van der Waals surface area (Å²) in [6.07, 6.45) is 1.81. The minimum atomic E-state index is 0.117. The maximum Gasteiger partial charge on any atom is 0.234 e. The van der Waals surface area contributed by atoms with E-state index < -0.39 is 0 Å². The first kappa shape index (κ1) is 15.6. The van der Waals surface area contributed by atoms with E-state index in [2.05, 4.69) is 33.9 Å². The number of hydrogen-bond acceptors (Lipinski definition) is 5. The number of nitrogens with two attached hydrogens (primary N) is 1. The molecule has 0 saturated carbocycles. The molecule has 1 saturated heterocycles. The van der Waals surface area contributed by atoms with Crippen molar-refractivity contribution in [3.63, 3.8) is 0 Å². The molecule has 1 aliphatic heterocycles. The zero-order valence-corrected chi connectivity index (χ0v) is 12.9. The van der Waals surface area contributed by atoms with Crippen LogP contribution in [-0.2, 0) is 4.79 Å². The van der Waals surface area contributed by atoms with Crippen LogP contribution in [0.15, 0.2) is 18.3 Å². The molecule has 21 heavy (non-hydrogen) atoms. The zero-order chi connectivity index (χ0) is 15.2. The van der Waals surface area contributed by atoms with Crippen LogP contribution in [0.1, 0.15) is 13.8 Å². The van der Waals surface area contributed by atoms with Crippen LogP contribution in [0, 0.1) is 5.92 Å². The highest BCUT2D eigenvalue weighted by Gasteiger charge is 2.19. The zero-order valence-electron chi connectivity index (χ0n) is 12.9. The maximum absolute atomic E-state index is 11.8. The molecule has 116 valence electrons. The molecule has 1 aromatic heterocycles. The number of rotatable bonds is 5. The molecular weight excluding hydrogens is 266 g/mol. The number of hydrogen-bond donors (Lipinski definition) is 2. The van der Waals surface area contributed by atoms with Crippen LogP contribution in [0.5, 0.6) is 0 Å². The molecule has 0 aromatic carbocycles. The molecule has 0 bridgehead atoms. The maximum atomic E-state index is 11.8. The summed E-state index contributed by atoms with van der Waals surface area (Å²) in [5, 5.41) is 2.96. The van der Waals surface area contributed by atoms with Crippen molar-refractivity contribution in [1.82, 2.24) is 15.2 Å². The molecule has 0 radical (unpaired) electrons. The number of piperazine rings is 1. The largest absolute Gasteiger partial charge is 0.384 e. The van der Waals surface area contributed by atoms with Crippen LogP contribution in [0.4, 0.5) is 11.5 Å². The fourth-order valence-corrected chi connectivity index (χ4v) is 2.33. The molecule has 3 N–H and O–H groups in total. The first-order valence-corrected chi connectivity index (χ1v) is 7.50. The van der Waals surface area contributed by atoms with Crippen molar-refractivity contribution < 1.29 is 4.79 Å². The average molecular weight is 291 g/mol. The van der Waals surface area contributed by atoms with E-state index in [4.69, 9.17) is 5.73 Å². The van der Waals surface area contributed by atoms with E-state index in [0.717, 1.165) is 38.4 Å². The standard InChI is InChI=1S/C15H25N5O/c1-12(2)9-18-15(21)11-19-5-7-20(8-6-19)13-3-4-14(16)17-10-13/h3-4,10,12H,5-9,11H2,1-2H3,(H2,16,17)(H,18,21). The summed E-state index contributed by atoms with van der Waals surface area (Å²) in [5.41, 5.74) is 6.69. The quantitative estimate of drug-likeness (QED) is 0.829. The summed E-state index contributed by atoms with van der Waals surface area (Å²) < 4.78 is 0. The molecular formula is C15H25N5O. The van der Waals surface area contributed by atoms with E-state index in [9.17, 15) is 4.79 Å². The van der Waals surface area contributed by atoms with Gasteiger partial charge in [-0.15, -0.1) is 0 Å². The Labute approximate surface area is 126 Å². The van der Waals surface area contributed by atoms with Crippen molar-refractivity contribution >= 4 is 17.4 Å². The lowest BCUT2D eigenvalue weighted by molar-refractivity contribution is -0.122. The van der Waals surface area contributed by atoms with Gasteiger partial charge in [-0.3, -0.25) is 9.69 Å². The Balaban J connectivity index is 1.75. The van der Waals surface area contributed by atoms with Crippen molar-refractivity contribution in [3.8, 4) is 0 Å².